The standard InChI is InChI=1S/C18H24N12O/c1-3-30-26-16(25-27-30)12-4-5-13(31-12)29-10-22-14-15(19)23-18(24-17(14)29)20-7-6-11-8-28(2)9-21-11/h8-10,12-13H,3-7H2,1-2H3,(H3,19,20,23,24). The topological polar surface area (TPSA) is 152 Å². The smallest absolute Gasteiger partial charge is 0.226 e. The fourth-order valence-electron chi connectivity index (χ4n) is 3.66. The second-order valence-corrected chi connectivity index (χ2v) is 7.46. The zero-order valence-corrected chi connectivity index (χ0v) is 17.4. The van der Waals surface area contributed by atoms with Gasteiger partial charge in [0, 0.05) is 26.2 Å². The van der Waals surface area contributed by atoms with Gasteiger partial charge in [-0.25, -0.2) is 9.97 Å². The highest BCUT2D eigenvalue weighted by Crippen LogP contribution is 2.38. The summed E-state index contributed by atoms with van der Waals surface area (Å²) >= 11 is 0. The molecule has 2 unspecified atom stereocenters. The number of ether oxygens (including phenoxy) is 1. The molecule has 0 amide bonds. The van der Waals surface area contributed by atoms with Crippen LogP contribution in [0.25, 0.3) is 11.2 Å². The Morgan fingerprint density at radius 1 is 1.23 bits per heavy atom. The Morgan fingerprint density at radius 3 is 2.90 bits per heavy atom. The van der Waals surface area contributed by atoms with Crippen molar-refractivity contribution in [2.24, 2.45) is 7.05 Å². The monoisotopic (exact) mass is 424 g/mol. The minimum absolute atomic E-state index is 0.210. The molecule has 162 valence electrons. The predicted octanol–water partition coefficient (Wildman–Crippen LogP) is 0.853. The van der Waals surface area contributed by atoms with Crippen LogP contribution in [-0.2, 0) is 24.8 Å². The van der Waals surface area contributed by atoms with E-state index in [1.54, 1.807) is 17.5 Å². The molecule has 0 aliphatic carbocycles. The number of hydrogen-bond donors (Lipinski definition) is 2. The van der Waals surface area contributed by atoms with Crippen LogP contribution in [0.2, 0.25) is 0 Å². The van der Waals surface area contributed by atoms with E-state index in [9.17, 15) is 0 Å². The van der Waals surface area contributed by atoms with Crippen LogP contribution in [0.3, 0.4) is 0 Å². The van der Waals surface area contributed by atoms with Gasteiger partial charge in [-0.2, -0.15) is 14.8 Å². The van der Waals surface area contributed by atoms with Crippen molar-refractivity contribution in [3.63, 3.8) is 0 Å². The van der Waals surface area contributed by atoms with E-state index < -0.39 is 0 Å². The van der Waals surface area contributed by atoms with Gasteiger partial charge in [-0.05, 0) is 25.0 Å². The van der Waals surface area contributed by atoms with E-state index in [2.05, 4.69) is 40.7 Å². The van der Waals surface area contributed by atoms with Crippen molar-refractivity contribution in [3.8, 4) is 0 Å². The number of nitrogens with one attached hydrogen (secondary N) is 1. The Hall–Kier alpha value is -3.61. The zero-order chi connectivity index (χ0) is 21.4. The first kappa shape index (κ1) is 19.4. The number of anilines is 2. The molecule has 13 heteroatoms. The maximum atomic E-state index is 6.19. The molecule has 0 bridgehead atoms. The number of aryl methyl sites for hydroxylation is 2. The van der Waals surface area contributed by atoms with Gasteiger partial charge in [-0.3, -0.25) is 4.57 Å². The maximum absolute atomic E-state index is 6.19. The number of nitrogens with zero attached hydrogens (tertiary/aromatic N) is 10. The van der Waals surface area contributed by atoms with Crippen molar-refractivity contribution in [2.75, 3.05) is 17.6 Å². The molecule has 1 fully saturated rings. The average molecular weight is 424 g/mol. The first-order chi connectivity index (χ1) is 15.1. The third kappa shape index (κ3) is 3.79. The zero-order valence-electron chi connectivity index (χ0n) is 17.4. The highest BCUT2D eigenvalue weighted by atomic mass is 16.5. The van der Waals surface area contributed by atoms with Crippen molar-refractivity contribution < 1.29 is 4.74 Å². The number of imidazole rings is 2. The first-order valence-electron chi connectivity index (χ1n) is 10.2. The molecular weight excluding hydrogens is 400 g/mol. The van der Waals surface area contributed by atoms with Crippen molar-refractivity contribution in [3.05, 3.63) is 30.4 Å². The Bertz CT molecular complexity index is 1190. The second kappa shape index (κ2) is 7.91. The normalized spacial score (nSPS) is 18.8. The van der Waals surface area contributed by atoms with Gasteiger partial charge >= 0.3 is 0 Å². The van der Waals surface area contributed by atoms with Crippen LogP contribution >= 0.6 is 0 Å². The van der Waals surface area contributed by atoms with Crippen molar-refractivity contribution >= 4 is 22.9 Å². The molecule has 0 aromatic carbocycles. The van der Waals surface area contributed by atoms with E-state index in [4.69, 9.17) is 10.5 Å². The summed E-state index contributed by atoms with van der Waals surface area (Å²) in [5.74, 6) is 1.37. The van der Waals surface area contributed by atoms with Gasteiger partial charge in [0.05, 0.1) is 24.9 Å². The number of nitrogen functional groups attached to an aromatic ring is 1. The number of fused-ring (bicyclic) bond motifs is 1. The molecule has 0 spiro atoms. The van der Waals surface area contributed by atoms with Gasteiger partial charge in [0.2, 0.25) is 11.8 Å². The van der Waals surface area contributed by atoms with Crippen molar-refractivity contribution in [1.29, 1.82) is 0 Å². The van der Waals surface area contributed by atoms with Crippen LogP contribution in [0.1, 0.15) is 43.6 Å². The molecule has 31 heavy (non-hydrogen) atoms. The molecule has 2 atom stereocenters. The van der Waals surface area contributed by atoms with Crippen LogP contribution in [0.5, 0.6) is 0 Å². The fourth-order valence-corrected chi connectivity index (χ4v) is 3.66. The SMILES string of the molecule is CCn1nnc(C2CCC(n3cnc4c(N)nc(NCCc5cn(C)cn5)nc43)O2)n1. The van der Waals surface area contributed by atoms with Gasteiger partial charge in [0.1, 0.15) is 17.8 Å². The lowest BCUT2D eigenvalue weighted by Gasteiger charge is -2.14. The fraction of sp³-hybridized carbons (Fsp3) is 0.500. The van der Waals surface area contributed by atoms with Crippen LogP contribution in [0.15, 0.2) is 18.9 Å². The van der Waals surface area contributed by atoms with E-state index in [1.165, 1.54) is 0 Å². The van der Waals surface area contributed by atoms with E-state index in [1.807, 2.05) is 29.3 Å². The molecule has 0 radical (unpaired) electrons. The molecule has 4 aromatic rings. The Labute approximate surface area is 177 Å². The molecular formula is C18H24N12O. The summed E-state index contributed by atoms with van der Waals surface area (Å²) in [6.45, 7) is 3.27. The van der Waals surface area contributed by atoms with Crippen molar-refractivity contribution in [1.82, 2.24) is 49.3 Å². The van der Waals surface area contributed by atoms with Crippen molar-refractivity contribution in [2.45, 2.75) is 45.1 Å². The molecule has 3 N–H and O–H groups in total. The largest absolute Gasteiger partial charge is 0.382 e. The number of nitrogens with two attached hydrogens (primary N) is 1. The quantitative estimate of drug-likeness (QED) is 0.436. The average Bonchev–Trinajstić information content (AvgIpc) is 3.54. The lowest BCUT2D eigenvalue weighted by Crippen LogP contribution is -2.12. The number of rotatable bonds is 7. The summed E-state index contributed by atoms with van der Waals surface area (Å²) in [6.07, 6.45) is 7.32. The number of tetrazole rings is 1. The second-order valence-electron chi connectivity index (χ2n) is 7.46. The van der Waals surface area contributed by atoms with E-state index >= 15 is 0 Å². The minimum Gasteiger partial charge on any atom is -0.382 e. The number of aromatic nitrogens is 10. The summed E-state index contributed by atoms with van der Waals surface area (Å²) in [7, 11) is 1.94. The molecule has 1 saturated heterocycles. The maximum Gasteiger partial charge on any atom is 0.226 e. The van der Waals surface area contributed by atoms with Crippen LogP contribution in [-0.4, -0.2) is 55.8 Å². The molecule has 5 heterocycles. The molecule has 13 nitrogen and oxygen atoms in total. The molecule has 0 saturated carbocycles. The third-order valence-corrected chi connectivity index (χ3v) is 5.22. The number of hydrogen-bond acceptors (Lipinski definition) is 10. The lowest BCUT2D eigenvalue weighted by molar-refractivity contribution is -0.000966. The third-order valence-electron chi connectivity index (χ3n) is 5.22. The molecule has 1 aliphatic heterocycles. The van der Waals surface area contributed by atoms with Crippen LogP contribution in [0.4, 0.5) is 11.8 Å². The van der Waals surface area contributed by atoms with Gasteiger partial charge < -0.3 is 20.4 Å². The van der Waals surface area contributed by atoms with E-state index in [0.29, 0.717) is 41.8 Å². The summed E-state index contributed by atoms with van der Waals surface area (Å²) in [6, 6.07) is 0. The van der Waals surface area contributed by atoms with Gasteiger partial charge in [-0.15, -0.1) is 10.2 Å². The molecule has 1 aliphatic rings. The highest BCUT2D eigenvalue weighted by Gasteiger charge is 2.32. The predicted molar refractivity (Wildman–Crippen MR) is 111 cm³/mol. The molecule has 5 rings (SSSR count). The van der Waals surface area contributed by atoms with Gasteiger partial charge in [-0.1, -0.05) is 0 Å². The lowest BCUT2D eigenvalue weighted by atomic mass is 10.2. The summed E-state index contributed by atoms with van der Waals surface area (Å²) in [5, 5.41) is 15.7. The summed E-state index contributed by atoms with van der Waals surface area (Å²) in [5.41, 5.74) is 8.31. The van der Waals surface area contributed by atoms with Crippen LogP contribution in [0, 0.1) is 0 Å². The van der Waals surface area contributed by atoms with Crippen LogP contribution < -0.4 is 11.1 Å². The Kier molecular flexibility index (Phi) is 4.94. The van der Waals surface area contributed by atoms with Gasteiger partial charge in [0.15, 0.2) is 11.5 Å². The molecule has 4 aromatic heterocycles. The Morgan fingerprint density at radius 2 is 2.13 bits per heavy atom. The van der Waals surface area contributed by atoms with E-state index in [-0.39, 0.29) is 12.3 Å². The van der Waals surface area contributed by atoms with Gasteiger partial charge in [0.25, 0.3) is 0 Å². The first-order valence-corrected chi connectivity index (χ1v) is 10.2. The van der Waals surface area contributed by atoms with E-state index in [0.717, 1.165) is 25.0 Å². The Balaban J connectivity index is 1.32. The summed E-state index contributed by atoms with van der Waals surface area (Å²) in [4.78, 5) is 19.2. The highest BCUT2D eigenvalue weighted by molar-refractivity contribution is 5.82. The summed E-state index contributed by atoms with van der Waals surface area (Å²) < 4.78 is 10.00. The minimum atomic E-state index is -0.237.